The number of carbonyl (C=O) groups is 2. The SMILES string of the molecule is CCCN(CCC)C(=O)C1=CC(c2ncco2)=CC(C(N)=O)([C@H](Cc2cc(F)cc(F)c2)[C@@H](O)CNCc2ccc3ccccc3c2)C1. The third-order valence-electron chi connectivity index (χ3n) is 8.91. The number of nitrogens with zero attached hydrogens (tertiary/aromatic N) is 2. The molecule has 4 aromatic rings. The average molecular weight is 657 g/mol. The smallest absolute Gasteiger partial charge is 0.249 e. The van der Waals surface area contributed by atoms with Crippen molar-refractivity contribution in [1.29, 1.82) is 0 Å². The summed E-state index contributed by atoms with van der Waals surface area (Å²) in [5.74, 6) is -3.47. The van der Waals surface area contributed by atoms with Crippen LogP contribution in [0.4, 0.5) is 8.78 Å². The number of carbonyl (C=O) groups excluding carboxylic acids is 2. The number of allylic oxidation sites excluding steroid dienone is 2. The summed E-state index contributed by atoms with van der Waals surface area (Å²) >= 11 is 0. The van der Waals surface area contributed by atoms with Crippen LogP contribution in [-0.4, -0.2) is 52.5 Å². The van der Waals surface area contributed by atoms with Crippen molar-refractivity contribution in [3.63, 3.8) is 0 Å². The number of hydrogen-bond acceptors (Lipinski definition) is 6. The van der Waals surface area contributed by atoms with Gasteiger partial charge in [-0.2, -0.15) is 0 Å². The highest BCUT2D eigenvalue weighted by atomic mass is 19.1. The lowest BCUT2D eigenvalue weighted by Gasteiger charge is -2.42. The van der Waals surface area contributed by atoms with Crippen LogP contribution in [0.25, 0.3) is 16.3 Å². The number of nitrogens with two attached hydrogens (primary N) is 1. The second kappa shape index (κ2) is 15.5. The number of halogens is 2. The van der Waals surface area contributed by atoms with E-state index >= 15 is 0 Å². The molecule has 1 unspecified atom stereocenters. The van der Waals surface area contributed by atoms with Gasteiger partial charge >= 0.3 is 0 Å². The largest absolute Gasteiger partial charge is 0.445 e. The van der Waals surface area contributed by atoms with Crippen LogP contribution in [-0.2, 0) is 22.6 Å². The van der Waals surface area contributed by atoms with Crippen LogP contribution in [0.15, 0.2) is 95.3 Å². The zero-order chi connectivity index (χ0) is 34.3. The summed E-state index contributed by atoms with van der Waals surface area (Å²) in [6, 6.07) is 17.2. The number of rotatable bonds is 15. The first-order valence-corrected chi connectivity index (χ1v) is 16.4. The first-order chi connectivity index (χ1) is 23.1. The van der Waals surface area contributed by atoms with Gasteiger partial charge in [-0.15, -0.1) is 0 Å². The molecule has 0 fully saturated rings. The van der Waals surface area contributed by atoms with Gasteiger partial charge in [0.15, 0.2) is 0 Å². The summed E-state index contributed by atoms with van der Waals surface area (Å²) < 4.78 is 34.4. The van der Waals surface area contributed by atoms with E-state index in [1.165, 1.54) is 24.6 Å². The molecular weight excluding hydrogens is 614 g/mol. The van der Waals surface area contributed by atoms with Gasteiger partial charge in [0.1, 0.15) is 17.9 Å². The Balaban J connectivity index is 1.53. The van der Waals surface area contributed by atoms with Crippen LogP contribution in [0, 0.1) is 23.0 Å². The van der Waals surface area contributed by atoms with E-state index < -0.39 is 35.0 Å². The molecule has 2 amide bonds. The summed E-state index contributed by atoms with van der Waals surface area (Å²) in [5, 5.41) is 17.4. The van der Waals surface area contributed by atoms with Crippen LogP contribution >= 0.6 is 0 Å². The van der Waals surface area contributed by atoms with Crippen LogP contribution in [0.5, 0.6) is 0 Å². The Morgan fingerprint density at radius 1 is 1.02 bits per heavy atom. The molecule has 0 bridgehead atoms. The lowest BCUT2D eigenvalue weighted by Crippen LogP contribution is -2.51. The van der Waals surface area contributed by atoms with E-state index in [1.54, 1.807) is 17.1 Å². The van der Waals surface area contributed by atoms with Crippen molar-refractivity contribution in [3.05, 3.63) is 120 Å². The van der Waals surface area contributed by atoms with Gasteiger partial charge in [-0.25, -0.2) is 13.8 Å². The van der Waals surface area contributed by atoms with E-state index in [-0.39, 0.29) is 36.7 Å². The number of nitrogens with one attached hydrogen (secondary N) is 1. The lowest BCUT2D eigenvalue weighted by atomic mass is 9.63. The van der Waals surface area contributed by atoms with Crippen molar-refractivity contribution < 1.29 is 27.9 Å². The van der Waals surface area contributed by atoms with E-state index in [1.807, 2.05) is 50.2 Å². The highest BCUT2D eigenvalue weighted by molar-refractivity contribution is 6.00. The molecule has 8 nitrogen and oxygen atoms in total. The summed E-state index contributed by atoms with van der Waals surface area (Å²) in [7, 11) is 0. The van der Waals surface area contributed by atoms with Gasteiger partial charge in [-0.3, -0.25) is 9.59 Å². The molecule has 252 valence electrons. The number of hydrogen-bond donors (Lipinski definition) is 3. The Morgan fingerprint density at radius 3 is 2.38 bits per heavy atom. The third-order valence-corrected chi connectivity index (χ3v) is 8.91. The van der Waals surface area contributed by atoms with E-state index in [2.05, 4.69) is 16.4 Å². The molecule has 10 heteroatoms. The molecule has 1 heterocycles. The molecule has 0 radical (unpaired) electrons. The fourth-order valence-electron chi connectivity index (χ4n) is 6.69. The molecule has 0 saturated heterocycles. The normalized spacial score (nSPS) is 17.4. The van der Waals surface area contributed by atoms with Crippen LogP contribution in [0.2, 0.25) is 0 Å². The van der Waals surface area contributed by atoms with Crippen LogP contribution in [0.3, 0.4) is 0 Å². The molecule has 3 atom stereocenters. The van der Waals surface area contributed by atoms with Crippen molar-refractivity contribution in [2.24, 2.45) is 17.1 Å². The fraction of sp³-hybridized carbons (Fsp3) is 0.342. The zero-order valence-corrected chi connectivity index (χ0v) is 27.3. The van der Waals surface area contributed by atoms with Gasteiger partial charge < -0.3 is 25.5 Å². The summed E-state index contributed by atoms with van der Waals surface area (Å²) in [6.45, 7) is 5.42. The molecule has 1 aromatic heterocycles. The number of primary amides is 1. The van der Waals surface area contributed by atoms with E-state index in [4.69, 9.17) is 10.2 Å². The number of amides is 2. The Kier molecular flexibility index (Phi) is 11.2. The Labute approximate surface area is 279 Å². The predicted octanol–water partition coefficient (Wildman–Crippen LogP) is 5.95. The molecule has 1 aliphatic rings. The lowest BCUT2D eigenvalue weighted by molar-refractivity contribution is -0.132. The van der Waals surface area contributed by atoms with Gasteiger partial charge in [0.05, 0.1) is 17.7 Å². The number of benzene rings is 3. The highest BCUT2D eigenvalue weighted by Crippen LogP contribution is 2.46. The monoisotopic (exact) mass is 656 g/mol. The minimum atomic E-state index is -1.65. The first kappa shape index (κ1) is 34.7. The minimum absolute atomic E-state index is 0.0251. The van der Waals surface area contributed by atoms with Crippen molar-refractivity contribution in [3.8, 4) is 0 Å². The fourth-order valence-corrected chi connectivity index (χ4v) is 6.69. The molecule has 0 aliphatic heterocycles. The topological polar surface area (TPSA) is 122 Å². The van der Waals surface area contributed by atoms with Crippen molar-refractivity contribution in [2.45, 2.75) is 52.2 Å². The van der Waals surface area contributed by atoms with Gasteiger partial charge in [0, 0.05) is 49.3 Å². The maximum Gasteiger partial charge on any atom is 0.249 e. The molecule has 3 aromatic carbocycles. The number of aliphatic hydroxyl groups excluding tert-OH is 1. The predicted molar refractivity (Wildman–Crippen MR) is 181 cm³/mol. The maximum atomic E-state index is 14.4. The highest BCUT2D eigenvalue weighted by Gasteiger charge is 2.49. The van der Waals surface area contributed by atoms with Gasteiger partial charge in [-0.05, 0) is 71.9 Å². The Hall–Kier alpha value is -4.67. The van der Waals surface area contributed by atoms with E-state index in [9.17, 15) is 23.5 Å². The van der Waals surface area contributed by atoms with Crippen molar-refractivity contribution in [1.82, 2.24) is 15.2 Å². The Bertz CT molecular complexity index is 1780. The van der Waals surface area contributed by atoms with Crippen molar-refractivity contribution >= 4 is 28.2 Å². The van der Waals surface area contributed by atoms with Crippen LogP contribution in [0.1, 0.15) is 50.1 Å². The van der Waals surface area contributed by atoms with E-state index in [0.29, 0.717) is 30.8 Å². The zero-order valence-electron chi connectivity index (χ0n) is 27.3. The molecule has 4 N–H and O–H groups in total. The quantitative estimate of drug-likeness (QED) is 0.145. The summed E-state index contributed by atoms with van der Waals surface area (Å²) in [6.07, 6.45) is 6.07. The summed E-state index contributed by atoms with van der Waals surface area (Å²) in [4.78, 5) is 33.8. The number of aliphatic hydroxyl groups is 1. The molecular formula is C38H42F2N4O4. The molecule has 0 spiro atoms. The van der Waals surface area contributed by atoms with Gasteiger partial charge in [-0.1, -0.05) is 56.3 Å². The number of fused-ring (bicyclic) bond motifs is 1. The molecule has 0 saturated carbocycles. The third kappa shape index (κ3) is 7.89. The second-order valence-corrected chi connectivity index (χ2v) is 12.4. The second-order valence-electron chi connectivity index (χ2n) is 12.4. The average Bonchev–Trinajstić information content (AvgIpc) is 3.61. The van der Waals surface area contributed by atoms with Crippen LogP contribution < -0.4 is 11.1 Å². The Morgan fingerprint density at radius 2 is 1.73 bits per heavy atom. The standard InChI is InChI=1S/C38H42F2N4O4/c1-3-12-44(13-4-2)36(46)30-19-29(35-43-11-14-48-35)21-38(22-30,37(41)47)33(18-26-16-31(39)20-32(40)17-26)34(45)24-42-23-25-9-10-27-7-5-6-8-28(27)15-25/h5-11,14-17,19-21,33-34,42,45H,3-4,12-13,18,22-24H2,1-2H3,(H2,41,47)/t33-,34+,38?/m1/s1. The van der Waals surface area contributed by atoms with E-state index in [0.717, 1.165) is 35.2 Å². The minimum Gasteiger partial charge on any atom is -0.445 e. The number of aromatic nitrogens is 1. The first-order valence-electron chi connectivity index (χ1n) is 16.4. The molecule has 5 rings (SSSR count). The molecule has 48 heavy (non-hydrogen) atoms. The van der Waals surface area contributed by atoms with Gasteiger partial charge in [0.2, 0.25) is 17.7 Å². The van der Waals surface area contributed by atoms with Gasteiger partial charge in [0.25, 0.3) is 0 Å². The number of oxazole rings is 1. The van der Waals surface area contributed by atoms with Crippen molar-refractivity contribution in [2.75, 3.05) is 19.6 Å². The maximum absolute atomic E-state index is 14.4. The summed E-state index contributed by atoms with van der Waals surface area (Å²) in [5.41, 5.74) is 6.46. The molecule has 1 aliphatic carbocycles.